The largest absolute Gasteiger partial charge is 0.296 e. The lowest BCUT2D eigenvalue weighted by Crippen LogP contribution is -2.20. The summed E-state index contributed by atoms with van der Waals surface area (Å²) in [7, 11) is -3.49. The first-order valence-corrected chi connectivity index (χ1v) is 14.7. The Kier molecular flexibility index (Phi) is 7.27. The lowest BCUT2D eigenvalue weighted by atomic mass is 9.79. The predicted octanol–water partition coefficient (Wildman–Crippen LogP) is 6.56. The molecule has 0 radical (unpaired) electrons. The van der Waals surface area contributed by atoms with Crippen LogP contribution < -0.4 is 5.32 Å². The lowest BCUT2D eigenvalue weighted by Gasteiger charge is -2.26. The van der Waals surface area contributed by atoms with Crippen LogP contribution >= 0.6 is 11.3 Å². The summed E-state index contributed by atoms with van der Waals surface area (Å²) in [6.07, 6.45) is 0.219. The van der Waals surface area contributed by atoms with Gasteiger partial charge in [-0.1, -0.05) is 89.3 Å². The molecule has 1 N–H and O–H groups in total. The fourth-order valence-corrected chi connectivity index (χ4v) is 6.04. The Labute approximate surface area is 223 Å². The Morgan fingerprint density at radius 3 is 2.08 bits per heavy atom. The number of fused-ring (bicyclic) bond motifs is 1. The molecule has 0 atom stereocenters. The summed E-state index contributed by atoms with van der Waals surface area (Å²) in [5.74, 6) is -0.348. The molecule has 4 aromatic rings. The van der Waals surface area contributed by atoms with E-state index in [1.165, 1.54) is 11.3 Å². The second-order valence-corrected chi connectivity index (χ2v) is 14.5. The minimum absolute atomic E-state index is 0.0868. The van der Waals surface area contributed by atoms with Gasteiger partial charge in [-0.05, 0) is 57.0 Å². The van der Waals surface area contributed by atoms with Gasteiger partial charge in [-0.25, -0.2) is 8.42 Å². The van der Waals surface area contributed by atoms with Gasteiger partial charge in [0.25, 0.3) is 5.91 Å². The first kappa shape index (κ1) is 26.9. The summed E-state index contributed by atoms with van der Waals surface area (Å²) in [4.78, 5) is 13.4. The van der Waals surface area contributed by atoms with Gasteiger partial charge in [0.1, 0.15) is 5.01 Å². The Morgan fingerprint density at radius 2 is 1.46 bits per heavy atom. The number of aryl methyl sites for hydroxylation is 1. The maximum atomic E-state index is 13.1. The van der Waals surface area contributed by atoms with Gasteiger partial charge in [0.2, 0.25) is 5.13 Å². The summed E-state index contributed by atoms with van der Waals surface area (Å²) < 4.78 is 25.9. The molecule has 6 nitrogen and oxygen atoms in total. The van der Waals surface area contributed by atoms with E-state index in [-0.39, 0.29) is 33.8 Å². The van der Waals surface area contributed by atoms with Crippen LogP contribution in [0, 0.1) is 0 Å². The fraction of sp³-hybridized carbons (Fsp3) is 0.345. The number of carbonyl (C=O) groups is 1. The van der Waals surface area contributed by atoms with Gasteiger partial charge >= 0.3 is 0 Å². The minimum Gasteiger partial charge on any atom is -0.296 e. The normalized spacial score (nSPS) is 12.6. The third-order valence-corrected chi connectivity index (χ3v) is 8.89. The molecule has 0 unspecified atom stereocenters. The number of benzene rings is 3. The van der Waals surface area contributed by atoms with Crippen LogP contribution in [0.1, 0.15) is 68.0 Å². The number of carbonyl (C=O) groups excluding carboxylic acids is 1. The number of nitrogens with zero attached hydrogens (tertiary/aromatic N) is 2. The summed E-state index contributed by atoms with van der Waals surface area (Å²) in [6, 6.07) is 18.8. The van der Waals surface area contributed by atoms with E-state index >= 15 is 0 Å². The average molecular weight is 536 g/mol. The SMILES string of the molecule is CC(C)(C)c1cc(C(=O)Nc2nnc(CCS(=O)(=O)c3ccc4ccccc4c3)s2)cc(C(C)(C)C)c1. The summed E-state index contributed by atoms with van der Waals surface area (Å²) in [6.45, 7) is 12.7. The topological polar surface area (TPSA) is 89.0 Å². The van der Waals surface area contributed by atoms with Crippen molar-refractivity contribution < 1.29 is 13.2 Å². The number of aromatic nitrogens is 2. The first-order chi connectivity index (χ1) is 17.2. The highest BCUT2D eigenvalue weighted by molar-refractivity contribution is 7.91. The summed E-state index contributed by atoms with van der Waals surface area (Å²) in [5, 5.41) is 13.8. The Morgan fingerprint density at radius 1 is 0.838 bits per heavy atom. The van der Waals surface area contributed by atoms with E-state index in [1.807, 2.05) is 42.5 Å². The number of rotatable bonds is 6. The Hall–Kier alpha value is -3.10. The molecular formula is C29H33N3O3S2. The molecule has 0 bridgehead atoms. The molecule has 0 fully saturated rings. The number of hydrogen-bond donors (Lipinski definition) is 1. The van der Waals surface area contributed by atoms with Crippen LogP contribution in [0.3, 0.4) is 0 Å². The molecule has 1 heterocycles. The standard InChI is InChI=1S/C29H33N3O3S2/c1-28(2,3)22-15-21(16-23(18-22)29(4,5)6)26(33)30-27-32-31-25(36-27)13-14-37(34,35)24-12-11-19-9-7-8-10-20(19)17-24/h7-12,15-18H,13-14H2,1-6H3,(H,30,32,33). The maximum absolute atomic E-state index is 13.1. The van der Waals surface area contributed by atoms with E-state index in [0.717, 1.165) is 21.9 Å². The van der Waals surface area contributed by atoms with E-state index in [9.17, 15) is 13.2 Å². The van der Waals surface area contributed by atoms with E-state index in [0.29, 0.717) is 15.7 Å². The van der Waals surface area contributed by atoms with Crippen molar-refractivity contribution in [2.75, 3.05) is 11.1 Å². The van der Waals surface area contributed by atoms with E-state index in [1.54, 1.807) is 12.1 Å². The van der Waals surface area contributed by atoms with Crippen molar-refractivity contribution in [2.45, 2.75) is 63.7 Å². The molecule has 0 saturated carbocycles. The van der Waals surface area contributed by atoms with Crippen molar-refractivity contribution in [3.63, 3.8) is 0 Å². The van der Waals surface area contributed by atoms with Crippen molar-refractivity contribution in [1.29, 1.82) is 0 Å². The number of sulfone groups is 1. The molecular weight excluding hydrogens is 502 g/mol. The van der Waals surface area contributed by atoms with Crippen molar-refractivity contribution >= 4 is 43.0 Å². The van der Waals surface area contributed by atoms with Crippen molar-refractivity contribution in [1.82, 2.24) is 10.2 Å². The molecule has 1 aromatic heterocycles. The number of nitrogens with one attached hydrogen (secondary N) is 1. The van der Waals surface area contributed by atoms with Crippen LogP contribution in [-0.4, -0.2) is 30.3 Å². The summed E-state index contributed by atoms with van der Waals surface area (Å²) in [5.41, 5.74) is 2.52. The van der Waals surface area contributed by atoms with Gasteiger partial charge in [0.05, 0.1) is 10.6 Å². The second-order valence-electron chi connectivity index (χ2n) is 11.3. The van der Waals surface area contributed by atoms with E-state index < -0.39 is 9.84 Å². The molecule has 0 spiro atoms. The molecule has 3 aromatic carbocycles. The van der Waals surface area contributed by atoms with Gasteiger partial charge in [-0.2, -0.15) is 0 Å². The number of hydrogen-bond acceptors (Lipinski definition) is 6. The Bertz CT molecular complexity index is 1530. The average Bonchev–Trinajstić information content (AvgIpc) is 3.28. The second kappa shape index (κ2) is 9.99. The highest BCUT2D eigenvalue weighted by atomic mass is 32.2. The van der Waals surface area contributed by atoms with Gasteiger partial charge < -0.3 is 0 Å². The molecule has 194 valence electrons. The quantitative estimate of drug-likeness (QED) is 0.302. The van der Waals surface area contributed by atoms with Crippen molar-refractivity contribution in [3.8, 4) is 0 Å². The molecule has 0 saturated heterocycles. The lowest BCUT2D eigenvalue weighted by molar-refractivity contribution is 0.102. The van der Waals surface area contributed by atoms with E-state index in [2.05, 4.69) is 63.1 Å². The first-order valence-electron chi connectivity index (χ1n) is 12.2. The third-order valence-electron chi connectivity index (χ3n) is 6.28. The predicted molar refractivity (Wildman–Crippen MR) is 151 cm³/mol. The van der Waals surface area contributed by atoms with Crippen LogP contribution in [0.2, 0.25) is 0 Å². The highest BCUT2D eigenvalue weighted by Gasteiger charge is 2.23. The molecule has 0 aliphatic heterocycles. The van der Waals surface area contributed by atoms with Crippen LogP contribution in [0.5, 0.6) is 0 Å². The summed E-state index contributed by atoms with van der Waals surface area (Å²) >= 11 is 1.20. The third kappa shape index (κ3) is 6.43. The molecule has 4 rings (SSSR count). The van der Waals surface area contributed by atoms with Crippen LogP contribution in [-0.2, 0) is 27.1 Å². The Balaban J connectivity index is 1.47. The molecule has 1 amide bonds. The maximum Gasteiger partial charge on any atom is 0.257 e. The van der Waals surface area contributed by atoms with Gasteiger partial charge in [0, 0.05) is 12.0 Å². The van der Waals surface area contributed by atoms with Crippen LogP contribution in [0.4, 0.5) is 5.13 Å². The molecule has 0 aliphatic carbocycles. The van der Waals surface area contributed by atoms with Crippen molar-refractivity contribution in [2.24, 2.45) is 0 Å². The highest BCUT2D eigenvalue weighted by Crippen LogP contribution is 2.31. The zero-order chi connectivity index (χ0) is 27.0. The fourth-order valence-electron chi connectivity index (χ4n) is 3.90. The smallest absolute Gasteiger partial charge is 0.257 e. The molecule has 37 heavy (non-hydrogen) atoms. The number of anilines is 1. The van der Waals surface area contributed by atoms with Gasteiger partial charge in [-0.3, -0.25) is 10.1 Å². The van der Waals surface area contributed by atoms with Crippen molar-refractivity contribution in [3.05, 3.63) is 82.4 Å². The molecule has 8 heteroatoms. The van der Waals surface area contributed by atoms with E-state index in [4.69, 9.17) is 0 Å². The van der Waals surface area contributed by atoms with Gasteiger partial charge in [-0.15, -0.1) is 10.2 Å². The van der Waals surface area contributed by atoms with Gasteiger partial charge in [0.15, 0.2) is 9.84 Å². The number of amides is 1. The zero-order valence-corrected chi connectivity index (χ0v) is 23.8. The monoisotopic (exact) mass is 535 g/mol. The minimum atomic E-state index is -3.49. The molecule has 0 aliphatic rings. The van der Waals surface area contributed by atoms with Crippen LogP contribution in [0.25, 0.3) is 10.8 Å². The zero-order valence-electron chi connectivity index (χ0n) is 22.1. The van der Waals surface area contributed by atoms with Crippen LogP contribution in [0.15, 0.2) is 65.6 Å².